The number of nitrogens with zero attached hydrogens (tertiary/aromatic N) is 3. The molecule has 3 aromatic rings. The van der Waals surface area contributed by atoms with E-state index < -0.39 is 5.82 Å². The van der Waals surface area contributed by atoms with Crippen molar-refractivity contribution in [3.63, 3.8) is 0 Å². The molecule has 1 aliphatic rings. The van der Waals surface area contributed by atoms with Crippen LogP contribution in [0.1, 0.15) is 11.6 Å². The van der Waals surface area contributed by atoms with E-state index in [0.717, 1.165) is 17.0 Å². The summed E-state index contributed by atoms with van der Waals surface area (Å²) >= 11 is 0. The molecular formula is C21H20FN5O2. The van der Waals surface area contributed by atoms with E-state index >= 15 is 0 Å². The van der Waals surface area contributed by atoms with Crippen LogP contribution < -0.4 is 10.5 Å². The normalized spacial score (nSPS) is 16.2. The summed E-state index contributed by atoms with van der Waals surface area (Å²) in [5, 5.41) is 0. The maximum absolute atomic E-state index is 14.2. The third-order valence-corrected chi connectivity index (χ3v) is 4.76. The number of halogens is 1. The van der Waals surface area contributed by atoms with Gasteiger partial charge in [-0.1, -0.05) is 0 Å². The molecule has 0 saturated carbocycles. The molecule has 0 aliphatic carbocycles. The average molecular weight is 393 g/mol. The monoisotopic (exact) mass is 393 g/mol. The predicted molar refractivity (Wildman–Crippen MR) is 108 cm³/mol. The zero-order valence-electron chi connectivity index (χ0n) is 16.0. The number of hydrogen-bond acceptors (Lipinski definition) is 6. The number of methoxy groups -OCH3 is 2. The average Bonchev–Trinajstić information content (AvgIpc) is 3.20. The molecule has 7 nitrogen and oxygen atoms in total. The first-order valence-electron chi connectivity index (χ1n) is 9.01. The minimum atomic E-state index is -0.454. The Morgan fingerprint density at radius 2 is 1.90 bits per heavy atom. The van der Waals surface area contributed by atoms with Crippen LogP contribution in [0.3, 0.4) is 0 Å². The third-order valence-electron chi connectivity index (χ3n) is 4.76. The molecule has 3 N–H and O–H groups in total. The lowest BCUT2D eigenvalue weighted by Gasteiger charge is -2.18. The number of aromatic nitrogens is 3. The van der Waals surface area contributed by atoms with Gasteiger partial charge in [0.15, 0.2) is 23.2 Å². The number of nitrogens with one attached hydrogen (secondary N) is 1. The fraction of sp³-hybridized carbons (Fsp3) is 0.190. The number of amidine groups is 1. The number of H-pyrrole nitrogens is 1. The second kappa shape index (κ2) is 7.75. The van der Waals surface area contributed by atoms with Crippen molar-refractivity contribution in [1.29, 1.82) is 0 Å². The first-order chi connectivity index (χ1) is 14.1. The first-order valence-corrected chi connectivity index (χ1v) is 9.01. The van der Waals surface area contributed by atoms with Gasteiger partial charge in [0, 0.05) is 29.4 Å². The molecule has 0 bridgehead atoms. The quantitative estimate of drug-likeness (QED) is 0.693. The van der Waals surface area contributed by atoms with Crippen LogP contribution in [0.4, 0.5) is 4.39 Å². The molecule has 3 heterocycles. The molecule has 0 radical (unpaired) electrons. The van der Waals surface area contributed by atoms with Gasteiger partial charge in [0.05, 0.1) is 32.2 Å². The molecule has 1 atom stereocenters. The van der Waals surface area contributed by atoms with E-state index in [0.29, 0.717) is 29.5 Å². The molecule has 29 heavy (non-hydrogen) atoms. The largest absolute Gasteiger partial charge is 0.494 e. The Hall–Kier alpha value is -3.68. The van der Waals surface area contributed by atoms with Crippen molar-refractivity contribution in [1.82, 2.24) is 15.0 Å². The maximum atomic E-state index is 14.2. The summed E-state index contributed by atoms with van der Waals surface area (Å²) in [6.07, 6.45) is 5.32. The summed E-state index contributed by atoms with van der Waals surface area (Å²) in [5.41, 5.74) is 8.97. The minimum Gasteiger partial charge on any atom is -0.494 e. The molecule has 1 unspecified atom stereocenters. The van der Waals surface area contributed by atoms with Crippen LogP contribution in [-0.2, 0) is 4.74 Å². The smallest absolute Gasteiger partial charge is 0.165 e. The van der Waals surface area contributed by atoms with Gasteiger partial charge in [-0.2, -0.15) is 0 Å². The standard InChI is InChI=1S/C21H20FN5O2/c1-28-16-4-3-13(9-15(16)22)21-26-18(12-5-7-24-8-6-12)19(27-21)14-10-17(29-2)20(23)25-11-14/h3-10,14H,11H2,1-2H3,(H2,23,25)(H,26,27). The van der Waals surface area contributed by atoms with Crippen LogP contribution in [0.25, 0.3) is 22.6 Å². The van der Waals surface area contributed by atoms with E-state index in [4.69, 9.17) is 20.2 Å². The van der Waals surface area contributed by atoms with Gasteiger partial charge in [0.1, 0.15) is 5.82 Å². The van der Waals surface area contributed by atoms with Crippen molar-refractivity contribution in [2.24, 2.45) is 10.7 Å². The van der Waals surface area contributed by atoms with E-state index in [1.54, 1.807) is 31.6 Å². The minimum absolute atomic E-state index is 0.121. The molecule has 4 rings (SSSR count). The summed E-state index contributed by atoms with van der Waals surface area (Å²) < 4.78 is 24.6. The van der Waals surface area contributed by atoms with Crippen molar-refractivity contribution in [2.75, 3.05) is 20.8 Å². The number of ether oxygens (including phenoxy) is 2. The van der Waals surface area contributed by atoms with E-state index in [2.05, 4.69) is 15.0 Å². The lowest BCUT2D eigenvalue weighted by atomic mass is 9.98. The molecule has 0 saturated heterocycles. The Morgan fingerprint density at radius 1 is 1.10 bits per heavy atom. The van der Waals surface area contributed by atoms with Crippen LogP contribution in [0.5, 0.6) is 5.75 Å². The van der Waals surface area contributed by atoms with Crippen molar-refractivity contribution < 1.29 is 13.9 Å². The SMILES string of the molecule is COC1=CC(c2[nH]c(-c3ccc(OC)c(F)c3)nc2-c2ccncc2)CN=C1N. The van der Waals surface area contributed by atoms with Gasteiger partial charge in [0.25, 0.3) is 0 Å². The van der Waals surface area contributed by atoms with Crippen LogP contribution in [0.2, 0.25) is 0 Å². The van der Waals surface area contributed by atoms with Crippen LogP contribution >= 0.6 is 0 Å². The molecule has 0 spiro atoms. The lowest BCUT2D eigenvalue weighted by Crippen LogP contribution is -2.23. The van der Waals surface area contributed by atoms with Crippen molar-refractivity contribution in [2.45, 2.75) is 5.92 Å². The Morgan fingerprint density at radius 3 is 2.59 bits per heavy atom. The number of imidazole rings is 1. The second-order valence-electron chi connectivity index (χ2n) is 6.50. The summed E-state index contributed by atoms with van der Waals surface area (Å²) in [5.74, 6) is 1.04. The number of nitrogens with two attached hydrogens (primary N) is 1. The summed E-state index contributed by atoms with van der Waals surface area (Å²) in [4.78, 5) is 16.5. The Kier molecular flexibility index (Phi) is 4.99. The number of dihydropyridines is 1. The fourth-order valence-corrected chi connectivity index (χ4v) is 3.28. The number of pyridine rings is 1. The molecular weight excluding hydrogens is 373 g/mol. The molecule has 8 heteroatoms. The van der Waals surface area contributed by atoms with E-state index in [1.807, 2.05) is 18.2 Å². The fourth-order valence-electron chi connectivity index (χ4n) is 3.28. The maximum Gasteiger partial charge on any atom is 0.165 e. The summed E-state index contributed by atoms with van der Waals surface area (Å²) in [6, 6.07) is 8.48. The van der Waals surface area contributed by atoms with Gasteiger partial charge in [-0.25, -0.2) is 9.37 Å². The molecule has 1 aromatic carbocycles. The van der Waals surface area contributed by atoms with Gasteiger partial charge in [-0.05, 0) is 36.4 Å². The van der Waals surface area contributed by atoms with Crippen LogP contribution in [0, 0.1) is 5.82 Å². The molecule has 1 aliphatic heterocycles. The highest BCUT2D eigenvalue weighted by molar-refractivity contribution is 5.96. The number of aliphatic imine (C=N–C) groups is 1. The number of rotatable bonds is 5. The van der Waals surface area contributed by atoms with Gasteiger partial charge in [-0.3, -0.25) is 9.98 Å². The zero-order valence-corrected chi connectivity index (χ0v) is 16.0. The summed E-state index contributed by atoms with van der Waals surface area (Å²) in [7, 11) is 2.98. The van der Waals surface area contributed by atoms with E-state index in [9.17, 15) is 4.39 Å². The molecule has 148 valence electrons. The van der Waals surface area contributed by atoms with Crippen molar-refractivity contribution in [3.05, 3.63) is 66.1 Å². The highest BCUT2D eigenvalue weighted by Crippen LogP contribution is 2.34. The van der Waals surface area contributed by atoms with E-state index in [1.165, 1.54) is 13.2 Å². The highest BCUT2D eigenvalue weighted by atomic mass is 19.1. The lowest BCUT2D eigenvalue weighted by molar-refractivity contribution is 0.309. The second-order valence-corrected chi connectivity index (χ2v) is 6.50. The Balaban J connectivity index is 1.82. The molecule has 2 aromatic heterocycles. The van der Waals surface area contributed by atoms with Crippen LogP contribution in [-0.4, -0.2) is 41.6 Å². The van der Waals surface area contributed by atoms with Gasteiger partial charge < -0.3 is 20.2 Å². The van der Waals surface area contributed by atoms with E-state index in [-0.39, 0.29) is 11.7 Å². The number of benzene rings is 1. The van der Waals surface area contributed by atoms with Gasteiger partial charge in [-0.15, -0.1) is 0 Å². The third kappa shape index (κ3) is 3.56. The topological polar surface area (TPSA) is 98.4 Å². The predicted octanol–water partition coefficient (Wildman–Crippen LogP) is 3.27. The van der Waals surface area contributed by atoms with Gasteiger partial charge >= 0.3 is 0 Å². The zero-order chi connectivity index (χ0) is 20.4. The Bertz CT molecular complexity index is 1090. The van der Waals surface area contributed by atoms with Crippen molar-refractivity contribution >= 4 is 5.84 Å². The highest BCUT2D eigenvalue weighted by Gasteiger charge is 2.24. The van der Waals surface area contributed by atoms with Crippen molar-refractivity contribution in [3.8, 4) is 28.4 Å². The number of aromatic amines is 1. The van der Waals surface area contributed by atoms with Gasteiger partial charge in [0.2, 0.25) is 0 Å². The molecule has 0 fully saturated rings. The molecule has 0 amide bonds. The van der Waals surface area contributed by atoms with Crippen LogP contribution in [0.15, 0.2) is 59.6 Å². The number of hydrogen-bond donors (Lipinski definition) is 2. The summed E-state index contributed by atoms with van der Waals surface area (Å²) in [6.45, 7) is 0.454. The Labute approximate surface area is 167 Å². The first kappa shape index (κ1) is 18.7.